The van der Waals surface area contributed by atoms with Crippen LogP contribution in [-0.4, -0.2) is 20.2 Å². The number of nitrogens with one attached hydrogen (secondary N) is 1. The van der Waals surface area contributed by atoms with Crippen molar-refractivity contribution in [3.8, 4) is 0 Å². The SMILES string of the molecule is Cc1cnc(CSc2ncn[nH]2)c(C)c1N. The van der Waals surface area contributed by atoms with Crippen LogP contribution >= 0.6 is 11.8 Å². The predicted octanol–water partition coefficient (Wildman–Crippen LogP) is 1.69. The van der Waals surface area contributed by atoms with Crippen molar-refractivity contribution in [2.75, 3.05) is 5.73 Å². The number of aryl methyl sites for hydroxylation is 1. The summed E-state index contributed by atoms with van der Waals surface area (Å²) < 4.78 is 0. The lowest BCUT2D eigenvalue weighted by Crippen LogP contribution is -2.00. The van der Waals surface area contributed by atoms with E-state index in [1.807, 2.05) is 13.8 Å². The maximum atomic E-state index is 5.95. The number of thioether (sulfide) groups is 1. The van der Waals surface area contributed by atoms with Crippen LogP contribution in [0.5, 0.6) is 0 Å². The third kappa shape index (κ3) is 2.16. The van der Waals surface area contributed by atoms with Gasteiger partial charge in [0.1, 0.15) is 6.33 Å². The van der Waals surface area contributed by atoms with E-state index in [-0.39, 0.29) is 0 Å². The first-order chi connectivity index (χ1) is 7.68. The minimum atomic E-state index is 0.742. The quantitative estimate of drug-likeness (QED) is 0.791. The Kier molecular flexibility index (Phi) is 3.09. The Morgan fingerprint density at radius 2 is 2.19 bits per heavy atom. The molecule has 0 aliphatic heterocycles. The average molecular weight is 235 g/mol. The first kappa shape index (κ1) is 10.9. The summed E-state index contributed by atoms with van der Waals surface area (Å²) in [7, 11) is 0. The van der Waals surface area contributed by atoms with Gasteiger partial charge in [0.05, 0.1) is 5.69 Å². The largest absolute Gasteiger partial charge is 0.398 e. The number of rotatable bonds is 3. The summed E-state index contributed by atoms with van der Waals surface area (Å²) in [5.74, 6) is 0.742. The molecule has 0 aliphatic rings. The zero-order valence-electron chi connectivity index (χ0n) is 9.19. The van der Waals surface area contributed by atoms with Crippen LogP contribution in [0, 0.1) is 13.8 Å². The van der Waals surface area contributed by atoms with Crippen LogP contribution in [0.2, 0.25) is 0 Å². The van der Waals surface area contributed by atoms with Gasteiger partial charge in [-0.15, -0.1) is 0 Å². The van der Waals surface area contributed by atoms with Gasteiger partial charge < -0.3 is 5.73 Å². The Morgan fingerprint density at radius 3 is 2.88 bits per heavy atom. The Labute approximate surface area is 97.9 Å². The highest BCUT2D eigenvalue weighted by Crippen LogP contribution is 2.23. The molecule has 6 heteroatoms. The number of nitrogens with two attached hydrogens (primary N) is 1. The van der Waals surface area contributed by atoms with E-state index in [0.29, 0.717) is 0 Å². The van der Waals surface area contributed by atoms with Crippen molar-refractivity contribution in [3.05, 3.63) is 29.3 Å². The molecule has 2 rings (SSSR count). The second-order valence-electron chi connectivity index (χ2n) is 3.51. The first-order valence-electron chi connectivity index (χ1n) is 4.87. The Morgan fingerprint density at radius 1 is 1.38 bits per heavy atom. The first-order valence-corrected chi connectivity index (χ1v) is 5.85. The van der Waals surface area contributed by atoms with Gasteiger partial charge in [-0.1, -0.05) is 11.8 Å². The lowest BCUT2D eigenvalue weighted by atomic mass is 10.1. The molecule has 0 fully saturated rings. The van der Waals surface area contributed by atoms with Crippen LogP contribution in [0.25, 0.3) is 0 Å². The normalized spacial score (nSPS) is 10.6. The molecule has 84 valence electrons. The second kappa shape index (κ2) is 4.52. The fourth-order valence-corrected chi connectivity index (χ4v) is 2.14. The standard InChI is InChI=1S/C10H13N5S/c1-6-3-12-8(7(2)9(6)11)4-16-10-13-5-14-15-10/h3,5H,4H2,1-2H3,(H2,11,12)(H,13,14,15). The Balaban J connectivity index is 2.13. The van der Waals surface area contributed by atoms with Gasteiger partial charge >= 0.3 is 0 Å². The highest BCUT2D eigenvalue weighted by atomic mass is 32.2. The lowest BCUT2D eigenvalue weighted by Gasteiger charge is -2.08. The summed E-state index contributed by atoms with van der Waals surface area (Å²) in [5, 5.41) is 7.37. The fraction of sp³-hybridized carbons (Fsp3) is 0.300. The molecule has 2 aromatic rings. The summed E-state index contributed by atoms with van der Waals surface area (Å²) in [6.45, 7) is 3.95. The number of H-pyrrole nitrogens is 1. The number of hydrogen-bond acceptors (Lipinski definition) is 5. The topological polar surface area (TPSA) is 80.5 Å². The van der Waals surface area contributed by atoms with Crippen molar-refractivity contribution in [3.63, 3.8) is 0 Å². The minimum Gasteiger partial charge on any atom is -0.398 e. The van der Waals surface area contributed by atoms with Crippen LogP contribution in [0.15, 0.2) is 17.7 Å². The van der Waals surface area contributed by atoms with Crippen molar-refractivity contribution in [2.45, 2.75) is 24.8 Å². The summed E-state index contributed by atoms with van der Waals surface area (Å²) in [5.41, 5.74) is 9.83. The minimum absolute atomic E-state index is 0.742. The van der Waals surface area contributed by atoms with Crippen molar-refractivity contribution in [1.29, 1.82) is 0 Å². The number of anilines is 1. The molecule has 0 bridgehead atoms. The summed E-state index contributed by atoms with van der Waals surface area (Å²) in [6, 6.07) is 0. The molecular formula is C10H13N5S. The molecule has 3 N–H and O–H groups in total. The molecule has 2 aromatic heterocycles. The second-order valence-corrected chi connectivity index (χ2v) is 4.47. The Bertz CT molecular complexity index is 480. The highest BCUT2D eigenvalue weighted by molar-refractivity contribution is 7.98. The zero-order chi connectivity index (χ0) is 11.5. The van der Waals surface area contributed by atoms with Gasteiger partial charge in [0.25, 0.3) is 0 Å². The van der Waals surface area contributed by atoms with Gasteiger partial charge in [-0.2, -0.15) is 5.10 Å². The lowest BCUT2D eigenvalue weighted by molar-refractivity contribution is 0.970. The van der Waals surface area contributed by atoms with E-state index in [9.17, 15) is 0 Å². The van der Waals surface area contributed by atoms with Gasteiger partial charge in [-0.25, -0.2) is 4.98 Å². The summed E-state index contributed by atoms with van der Waals surface area (Å²) >= 11 is 1.56. The molecule has 0 unspecified atom stereocenters. The summed E-state index contributed by atoms with van der Waals surface area (Å²) in [6.07, 6.45) is 3.30. The van der Waals surface area contributed by atoms with E-state index in [2.05, 4.69) is 20.2 Å². The van der Waals surface area contributed by atoms with Crippen LogP contribution in [0.1, 0.15) is 16.8 Å². The van der Waals surface area contributed by atoms with E-state index in [4.69, 9.17) is 5.73 Å². The van der Waals surface area contributed by atoms with Crippen molar-refractivity contribution >= 4 is 17.4 Å². The molecule has 0 radical (unpaired) electrons. The third-order valence-corrected chi connectivity index (χ3v) is 3.30. The van der Waals surface area contributed by atoms with Crippen LogP contribution in [0.4, 0.5) is 5.69 Å². The van der Waals surface area contributed by atoms with Gasteiger partial charge in [0.15, 0.2) is 5.16 Å². The van der Waals surface area contributed by atoms with Gasteiger partial charge in [-0.05, 0) is 25.0 Å². The maximum absolute atomic E-state index is 5.95. The molecule has 0 amide bonds. The van der Waals surface area contributed by atoms with Crippen molar-refractivity contribution < 1.29 is 0 Å². The molecule has 2 heterocycles. The number of aromatic amines is 1. The van der Waals surface area contributed by atoms with E-state index >= 15 is 0 Å². The average Bonchev–Trinajstić information content (AvgIpc) is 2.78. The molecule has 0 saturated heterocycles. The molecule has 5 nitrogen and oxygen atoms in total. The van der Waals surface area contributed by atoms with Gasteiger partial charge in [0.2, 0.25) is 0 Å². The van der Waals surface area contributed by atoms with Crippen LogP contribution in [0.3, 0.4) is 0 Å². The third-order valence-electron chi connectivity index (χ3n) is 2.41. The van der Waals surface area contributed by atoms with E-state index in [0.717, 1.165) is 33.4 Å². The molecule has 0 spiro atoms. The number of hydrogen-bond donors (Lipinski definition) is 2. The molecular weight excluding hydrogens is 222 g/mol. The molecule has 0 saturated carbocycles. The smallest absolute Gasteiger partial charge is 0.183 e. The fourth-order valence-electron chi connectivity index (χ4n) is 1.34. The monoisotopic (exact) mass is 235 g/mol. The molecule has 0 atom stereocenters. The van der Waals surface area contributed by atoms with Crippen molar-refractivity contribution in [1.82, 2.24) is 20.2 Å². The molecule has 0 aliphatic carbocycles. The predicted molar refractivity (Wildman–Crippen MR) is 64.1 cm³/mol. The van der Waals surface area contributed by atoms with Crippen LogP contribution in [-0.2, 0) is 5.75 Å². The highest BCUT2D eigenvalue weighted by Gasteiger charge is 2.07. The van der Waals surface area contributed by atoms with Gasteiger partial charge in [-0.3, -0.25) is 10.1 Å². The van der Waals surface area contributed by atoms with Crippen molar-refractivity contribution in [2.24, 2.45) is 0 Å². The van der Waals surface area contributed by atoms with E-state index < -0.39 is 0 Å². The van der Waals surface area contributed by atoms with Gasteiger partial charge in [0, 0.05) is 17.6 Å². The maximum Gasteiger partial charge on any atom is 0.183 e. The number of aromatic nitrogens is 4. The number of pyridine rings is 1. The Hall–Kier alpha value is -1.56. The van der Waals surface area contributed by atoms with E-state index in [1.165, 1.54) is 6.33 Å². The molecule has 0 aromatic carbocycles. The van der Waals surface area contributed by atoms with Crippen LogP contribution < -0.4 is 5.73 Å². The van der Waals surface area contributed by atoms with E-state index in [1.54, 1.807) is 18.0 Å². The summed E-state index contributed by atoms with van der Waals surface area (Å²) in [4.78, 5) is 8.41. The zero-order valence-corrected chi connectivity index (χ0v) is 10.0. The number of nitrogens with zero attached hydrogens (tertiary/aromatic N) is 3. The number of nitrogen functional groups attached to an aromatic ring is 1. The molecule has 16 heavy (non-hydrogen) atoms.